The van der Waals surface area contributed by atoms with Crippen LogP contribution < -0.4 is 5.73 Å². The van der Waals surface area contributed by atoms with Gasteiger partial charge in [0.1, 0.15) is 0 Å². The molecule has 1 aromatic heterocycles. The highest BCUT2D eigenvalue weighted by atomic mass is 35.5. The SMILES string of the molecule is NC(=O)CSCn1c(O)c(N=NC(=O)c2ccc(Cl)cc2)c2ccccc21. The molecule has 0 bridgehead atoms. The number of fused-ring (bicyclic) bond motifs is 1. The lowest BCUT2D eigenvalue weighted by Gasteiger charge is -2.05. The van der Waals surface area contributed by atoms with Gasteiger partial charge in [0.05, 0.1) is 17.1 Å². The Labute approximate surface area is 163 Å². The fourth-order valence-electron chi connectivity index (χ4n) is 2.48. The van der Waals surface area contributed by atoms with Gasteiger partial charge in [0.25, 0.3) is 5.91 Å². The van der Waals surface area contributed by atoms with E-state index in [4.69, 9.17) is 17.3 Å². The van der Waals surface area contributed by atoms with Crippen LogP contribution >= 0.6 is 23.4 Å². The van der Waals surface area contributed by atoms with Crippen LogP contribution in [0.15, 0.2) is 58.8 Å². The van der Waals surface area contributed by atoms with Gasteiger partial charge in [-0.2, -0.15) is 0 Å². The van der Waals surface area contributed by atoms with E-state index in [9.17, 15) is 14.7 Å². The zero-order valence-corrected chi connectivity index (χ0v) is 15.6. The summed E-state index contributed by atoms with van der Waals surface area (Å²) in [4.78, 5) is 23.1. The maximum Gasteiger partial charge on any atom is 0.295 e. The van der Waals surface area contributed by atoms with Gasteiger partial charge >= 0.3 is 0 Å². The van der Waals surface area contributed by atoms with Crippen LogP contribution in [0.5, 0.6) is 5.88 Å². The van der Waals surface area contributed by atoms with Gasteiger partial charge in [-0.3, -0.25) is 9.59 Å². The molecule has 9 heteroatoms. The number of primary amides is 1. The third kappa shape index (κ3) is 4.29. The van der Waals surface area contributed by atoms with Crippen molar-refractivity contribution in [3.8, 4) is 5.88 Å². The van der Waals surface area contributed by atoms with Crippen LogP contribution in [-0.4, -0.2) is 27.2 Å². The Morgan fingerprint density at radius 2 is 1.85 bits per heavy atom. The number of azo groups is 1. The van der Waals surface area contributed by atoms with Crippen LogP contribution in [0.4, 0.5) is 5.69 Å². The molecule has 0 aliphatic rings. The number of aromatic hydroxyl groups is 1. The molecule has 0 radical (unpaired) electrons. The fraction of sp³-hybridized carbons (Fsp3) is 0.111. The molecule has 2 amide bonds. The van der Waals surface area contributed by atoms with Gasteiger partial charge in [0, 0.05) is 16.0 Å². The summed E-state index contributed by atoms with van der Waals surface area (Å²) in [7, 11) is 0. The third-order valence-corrected chi connectivity index (χ3v) is 4.90. The van der Waals surface area contributed by atoms with Crippen LogP contribution in [0.25, 0.3) is 10.9 Å². The normalized spacial score (nSPS) is 11.3. The number of halogens is 1. The lowest BCUT2D eigenvalue weighted by atomic mass is 10.2. The zero-order valence-electron chi connectivity index (χ0n) is 14.0. The van der Waals surface area contributed by atoms with Crippen molar-refractivity contribution in [1.29, 1.82) is 0 Å². The minimum Gasteiger partial charge on any atom is -0.493 e. The zero-order chi connectivity index (χ0) is 19.4. The number of hydrogen-bond acceptors (Lipinski definition) is 5. The van der Waals surface area contributed by atoms with Crippen molar-refractivity contribution in [2.24, 2.45) is 16.0 Å². The number of carbonyl (C=O) groups is 2. The maximum atomic E-state index is 12.2. The second-order valence-corrected chi connectivity index (χ2v) is 6.96. The number of amides is 2. The monoisotopic (exact) mass is 402 g/mol. The van der Waals surface area contributed by atoms with Crippen molar-refractivity contribution in [3.63, 3.8) is 0 Å². The summed E-state index contributed by atoms with van der Waals surface area (Å²) in [5.41, 5.74) is 6.38. The van der Waals surface area contributed by atoms with Crippen molar-refractivity contribution in [2.45, 2.75) is 5.88 Å². The first-order valence-electron chi connectivity index (χ1n) is 7.85. The largest absolute Gasteiger partial charge is 0.493 e. The first kappa shape index (κ1) is 18.9. The molecule has 2 aromatic carbocycles. The molecule has 3 aromatic rings. The molecule has 0 spiro atoms. The molecular formula is C18H15ClN4O3S. The van der Waals surface area contributed by atoms with Crippen LogP contribution in [-0.2, 0) is 10.7 Å². The summed E-state index contributed by atoms with van der Waals surface area (Å²) in [6.45, 7) is 0. The van der Waals surface area contributed by atoms with Gasteiger partial charge in [-0.05, 0) is 30.3 Å². The molecule has 0 atom stereocenters. The van der Waals surface area contributed by atoms with E-state index in [1.807, 2.05) is 6.07 Å². The Balaban J connectivity index is 1.91. The molecule has 0 unspecified atom stereocenters. The highest BCUT2D eigenvalue weighted by Gasteiger charge is 2.17. The van der Waals surface area contributed by atoms with Crippen molar-refractivity contribution in [2.75, 3.05) is 5.75 Å². The standard InChI is InChI=1S/C18H15ClN4O3S/c19-12-7-5-11(6-8-12)17(25)22-21-16-13-3-1-2-4-14(13)23(18(16)26)10-27-9-15(20)24/h1-8,26H,9-10H2,(H2,20,24). The highest BCUT2D eigenvalue weighted by Crippen LogP contribution is 2.39. The van der Waals surface area contributed by atoms with E-state index in [0.717, 1.165) is 0 Å². The van der Waals surface area contributed by atoms with Crippen LogP contribution in [0.1, 0.15) is 10.4 Å². The summed E-state index contributed by atoms with van der Waals surface area (Å²) in [6, 6.07) is 13.5. The first-order valence-corrected chi connectivity index (χ1v) is 9.38. The number of para-hydroxylation sites is 1. The van der Waals surface area contributed by atoms with E-state index in [-0.39, 0.29) is 17.3 Å². The average molecular weight is 403 g/mol. The third-order valence-electron chi connectivity index (χ3n) is 3.71. The molecule has 3 N–H and O–H groups in total. The number of aromatic nitrogens is 1. The second kappa shape index (κ2) is 8.24. The van der Waals surface area contributed by atoms with Gasteiger partial charge in [-0.15, -0.1) is 22.0 Å². The van der Waals surface area contributed by atoms with Gasteiger partial charge in [-0.25, -0.2) is 0 Å². The van der Waals surface area contributed by atoms with Crippen molar-refractivity contribution in [3.05, 3.63) is 59.1 Å². The summed E-state index contributed by atoms with van der Waals surface area (Å²) < 4.78 is 1.59. The van der Waals surface area contributed by atoms with E-state index in [1.165, 1.54) is 11.8 Å². The lowest BCUT2D eigenvalue weighted by Crippen LogP contribution is -2.13. The van der Waals surface area contributed by atoms with Gasteiger partial charge in [0.2, 0.25) is 11.8 Å². The van der Waals surface area contributed by atoms with E-state index in [2.05, 4.69) is 10.2 Å². The second-order valence-electron chi connectivity index (χ2n) is 5.57. The topological polar surface area (TPSA) is 110 Å². The number of nitrogens with zero attached hydrogens (tertiary/aromatic N) is 3. The number of carbonyl (C=O) groups excluding carboxylic acids is 2. The predicted molar refractivity (Wildman–Crippen MR) is 106 cm³/mol. The van der Waals surface area contributed by atoms with Crippen LogP contribution in [0.2, 0.25) is 5.02 Å². The highest BCUT2D eigenvalue weighted by molar-refractivity contribution is 7.99. The van der Waals surface area contributed by atoms with Crippen LogP contribution in [0.3, 0.4) is 0 Å². The van der Waals surface area contributed by atoms with Gasteiger partial charge in [-0.1, -0.05) is 29.8 Å². The summed E-state index contributed by atoms with van der Waals surface area (Å²) in [5, 5.41) is 19.4. The molecule has 27 heavy (non-hydrogen) atoms. The summed E-state index contributed by atoms with van der Waals surface area (Å²) >= 11 is 7.06. The molecule has 0 fully saturated rings. The van der Waals surface area contributed by atoms with E-state index in [0.29, 0.717) is 27.4 Å². The van der Waals surface area contributed by atoms with Crippen molar-refractivity contribution < 1.29 is 14.7 Å². The van der Waals surface area contributed by atoms with Gasteiger partial charge in [0.15, 0.2) is 5.69 Å². The number of thioether (sulfide) groups is 1. The van der Waals surface area contributed by atoms with Gasteiger partial charge < -0.3 is 15.4 Å². The number of rotatable bonds is 6. The van der Waals surface area contributed by atoms with Crippen molar-refractivity contribution >= 4 is 51.8 Å². The quantitative estimate of drug-likeness (QED) is 0.604. The van der Waals surface area contributed by atoms with Crippen LogP contribution in [0, 0.1) is 0 Å². The molecule has 1 heterocycles. The Bertz CT molecular complexity index is 1030. The fourth-order valence-corrected chi connectivity index (χ4v) is 3.35. The maximum absolute atomic E-state index is 12.2. The molecule has 3 rings (SSSR count). The molecule has 0 aliphatic heterocycles. The number of hydrogen-bond donors (Lipinski definition) is 2. The predicted octanol–water partition coefficient (Wildman–Crippen LogP) is 4.10. The Morgan fingerprint density at radius 1 is 1.15 bits per heavy atom. The number of nitrogens with two attached hydrogens (primary N) is 1. The van der Waals surface area contributed by atoms with E-state index >= 15 is 0 Å². The molecule has 0 saturated carbocycles. The van der Waals surface area contributed by atoms with E-state index in [1.54, 1.807) is 47.0 Å². The molecule has 0 saturated heterocycles. The molecular weight excluding hydrogens is 388 g/mol. The first-order chi connectivity index (χ1) is 13.0. The molecule has 7 nitrogen and oxygen atoms in total. The Morgan fingerprint density at radius 3 is 2.56 bits per heavy atom. The van der Waals surface area contributed by atoms with E-state index < -0.39 is 11.8 Å². The lowest BCUT2D eigenvalue weighted by molar-refractivity contribution is -0.115. The Kier molecular flexibility index (Phi) is 5.78. The molecule has 138 valence electrons. The van der Waals surface area contributed by atoms with Crippen molar-refractivity contribution in [1.82, 2.24) is 4.57 Å². The number of benzene rings is 2. The summed E-state index contributed by atoms with van der Waals surface area (Å²) in [5.74, 6) is -0.704. The minimum absolute atomic E-state index is 0.123. The molecule has 0 aliphatic carbocycles. The Hall–Kier alpha value is -2.84. The smallest absolute Gasteiger partial charge is 0.295 e. The minimum atomic E-state index is -0.550. The summed E-state index contributed by atoms with van der Waals surface area (Å²) in [6.07, 6.45) is 0. The average Bonchev–Trinajstić information content (AvgIpc) is 2.92.